The van der Waals surface area contributed by atoms with E-state index in [4.69, 9.17) is 4.74 Å². The van der Waals surface area contributed by atoms with Gasteiger partial charge < -0.3 is 9.72 Å². The second kappa shape index (κ2) is 5.15. The number of aromatic nitrogens is 1. The van der Waals surface area contributed by atoms with Gasteiger partial charge in [-0.3, -0.25) is 4.79 Å². The van der Waals surface area contributed by atoms with Crippen LogP contribution in [-0.2, 0) is 22.4 Å². The van der Waals surface area contributed by atoms with E-state index in [1.165, 1.54) is 24.1 Å². The van der Waals surface area contributed by atoms with Gasteiger partial charge in [-0.05, 0) is 57.2 Å². The summed E-state index contributed by atoms with van der Waals surface area (Å²) >= 11 is 0. The van der Waals surface area contributed by atoms with Crippen molar-refractivity contribution in [2.75, 3.05) is 0 Å². The Bertz CT molecular complexity index is 573. The topological polar surface area (TPSA) is 66.5 Å². The van der Waals surface area contributed by atoms with Crippen LogP contribution in [0, 0.1) is 0 Å². The van der Waals surface area contributed by atoms with Crippen LogP contribution in [0.2, 0.25) is 0 Å². The molecule has 0 unspecified atom stereocenters. The largest absolute Gasteiger partial charge is 0.473 e. The minimum Gasteiger partial charge on any atom is -0.473 e. The molecule has 5 heteroatoms. The molecule has 0 spiro atoms. The first-order valence-corrected chi connectivity index (χ1v) is 7.11. The lowest BCUT2D eigenvalue weighted by atomic mass is 9.98. The van der Waals surface area contributed by atoms with E-state index in [9.17, 15) is 4.79 Å². The predicted molar refractivity (Wildman–Crippen MR) is 77.2 cm³/mol. The van der Waals surface area contributed by atoms with E-state index < -0.39 is 0 Å². The maximum atomic E-state index is 11.8. The van der Waals surface area contributed by atoms with Crippen LogP contribution in [0.15, 0.2) is 16.7 Å². The summed E-state index contributed by atoms with van der Waals surface area (Å²) in [4.78, 5) is 15.2. The molecule has 0 saturated carbocycles. The van der Waals surface area contributed by atoms with Gasteiger partial charge in [0.05, 0.1) is 6.10 Å². The number of nitrogens with one attached hydrogen (secondary N) is 2. The molecule has 0 aromatic carbocycles. The molecule has 1 aromatic rings. The average molecular weight is 273 g/mol. The fourth-order valence-electron chi connectivity index (χ4n) is 2.62. The Kier molecular flexibility index (Phi) is 3.34. The normalized spacial score (nSPS) is 20.1. The van der Waals surface area contributed by atoms with Gasteiger partial charge >= 0.3 is 0 Å². The molecule has 1 aromatic heterocycles. The molecule has 20 heavy (non-hydrogen) atoms. The summed E-state index contributed by atoms with van der Waals surface area (Å²) < 4.78 is 5.55. The van der Waals surface area contributed by atoms with Gasteiger partial charge in [0.1, 0.15) is 5.57 Å². The van der Waals surface area contributed by atoms with E-state index in [2.05, 4.69) is 21.6 Å². The molecule has 2 heterocycles. The van der Waals surface area contributed by atoms with Crippen molar-refractivity contribution in [2.24, 2.45) is 5.10 Å². The summed E-state index contributed by atoms with van der Waals surface area (Å²) in [5, 5.41) is 3.93. The summed E-state index contributed by atoms with van der Waals surface area (Å²) in [7, 11) is 0. The monoisotopic (exact) mass is 273 g/mol. The van der Waals surface area contributed by atoms with Crippen molar-refractivity contribution in [3.63, 3.8) is 0 Å². The van der Waals surface area contributed by atoms with Crippen LogP contribution in [0.5, 0.6) is 0 Å². The number of carbonyl (C=O) groups excluding carboxylic acids is 1. The van der Waals surface area contributed by atoms with Gasteiger partial charge in [0.2, 0.25) is 5.90 Å². The van der Waals surface area contributed by atoms with Crippen molar-refractivity contribution in [2.45, 2.75) is 45.6 Å². The van der Waals surface area contributed by atoms with Gasteiger partial charge in [0.25, 0.3) is 5.91 Å². The molecule has 2 N–H and O–H groups in total. The van der Waals surface area contributed by atoms with Crippen LogP contribution in [0.3, 0.4) is 0 Å². The van der Waals surface area contributed by atoms with Crippen molar-refractivity contribution in [3.8, 4) is 0 Å². The minimum absolute atomic E-state index is 0.0123. The summed E-state index contributed by atoms with van der Waals surface area (Å²) in [5.41, 5.74) is 6.54. The maximum absolute atomic E-state index is 11.8. The van der Waals surface area contributed by atoms with Crippen LogP contribution >= 0.6 is 0 Å². The van der Waals surface area contributed by atoms with Gasteiger partial charge in [-0.2, -0.15) is 0 Å². The number of hydrazone groups is 1. The number of fused-ring (bicyclic) bond motifs is 1. The Balaban J connectivity index is 1.88. The SMILES string of the molecule is CC(C)OC1=NNC(=O)C1=Cc1cc2c([nH]1)CCCC2. The van der Waals surface area contributed by atoms with Gasteiger partial charge in [0.15, 0.2) is 0 Å². The number of hydrogen-bond donors (Lipinski definition) is 2. The lowest BCUT2D eigenvalue weighted by Gasteiger charge is -2.09. The highest BCUT2D eigenvalue weighted by atomic mass is 16.5. The average Bonchev–Trinajstić information content (AvgIpc) is 2.95. The number of aromatic amines is 1. The third-order valence-corrected chi connectivity index (χ3v) is 3.52. The lowest BCUT2D eigenvalue weighted by molar-refractivity contribution is -0.116. The molecule has 5 nitrogen and oxygen atoms in total. The molecule has 1 aliphatic carbocycles. The number of carbonyl (C=O) groups is 1. The summed E-state index contributed by atoms with van der Waals surface area (Å²) in [6, 6.07) is 2.13. The van der Waals surface area contributed by atoms with Crippen molar-refractivity contribution in [3.05, 3.63) is 28.6 Å². The third-order valence-electron chi connectivity index (χ3n) is 3.52. The molecular weight excluding hydrogens is 254 g/mol. The van der Waals surface area contributed by atoms with E-state index in [0.717, 1.165) is 18.5 Å². The van der Waals surface area contributed by atoms with E-state index in [1.807, 2.05) is 19.9 Å². The number of nitrogens with zero attached hydrogens (tertiary/aromatic N) is 1. The number of amides is 1. The Hall–Kier alpha value is -2.04. The number of hydrogen-bond acceptors (Lipinski definition) is 3. The summed E-state index contributed by atoms with van der Waals surface area (Å²) in [6.45, 7) is 3.83. The molecule has 0 saturated heterocycles. The highest BCUT2D eigenvalue weighted by Crippen LogP contribution is 2.23. The zero-order chi connectivity index (χ0) is 14.1. The molecule has 0 fully saturated rings. The minimum atomic E-state index is -0.215. The Labute approximate surface area is 118 Å². The lowest BCUT2D eigenvalue weighted by Crippen LogP contribution is -2.16. The van der Waals surface area contributed by atoms with E-state index in [-0.39, 0.29) is 12.0 Å². The smallest absolute Gasteiger partial charge is 0.277 e. The number of ether oxygens (including phenoxy) is 1. The standard InChI is InChI=1S/C15H19N3O2/c1-9(2)20-15-12(14(19)17-18-15)8-11-7-10-5-3-4-6-13(10)16-11/h7-9,16H,3-6H2,1-2H3,(H,17,19). The van der Waals surface area contributed by atoms with Gasteiger partial charge in [0, 0.05) is 11.4 Å². The first-order chi connectivity index (χ1) is 9.63. The van der Waals surface area contributed by atoms with E-state index in [0.29, 0.717) is 11.5 Å². The predicted octanol–water partition coefficient (Wildman–Crippen LogP) is 2.15. The second-order valence-electron chi connectivity index (χ2n) is 5.52. The first-order valence-electron chi connectivity index (χ1n) is 7.11. The van der Waals surface area contributed by atoms with Crippen molar-refractivity contribution < 1.29 is 9.53 Å². The quantitative estimate of drug-likeness (QED) is 0.811. The summed E-state index contributed by atoms with van der Waals surface area (Å²) in [6.07, 6.45) is 6.49. The number of H-pyrrole nitrogens is 1. The summed E-state index contributed by atoms with van der Waals surface area (Å²) in [5.74, 6) is 0.158. The molecule has 106 valence electrons. The molecule has 0 atom stereocenters. The number of aryl methyl sites for hydroxylation is 2. The molecule has 3 rings (SSSR count). The van der Waals surface area contributed by atoms with Crippen LogP contribution in [-0.4, -0.2) is 22.9 Å². The van der Waals surface area contributed by atoms with Crippen molar-refractivity contribution in [1.29, 1.82) is 0 Å². The number of rotatable bonds is 2. The zero-order valence-corrected chi connectivity index (χ0v) is 11.8. The van der Waals surface area contributed by atoms with Gasteiger partial charge in [-0.25, -0.2) is 5.43 Å². The Morgan fingerprint density at radius 3 is 2.90 bits per heavy atom. The Morgan fingerprint density at radius 2 is 2.15 bits per heavy atom. The van der Waals surface area contributed by atoms with Crippen LogP contribution in [0.1, 0.15) is 43.6 Å². The highest BCUT2D eigenvalue weighted by molar-refractivity contribution is 6.24. The van der Waals surface area contributed by atoms with Crippen LogP contribution in [0.25, 0.3) is 6.08 Å². The molecule has 0 bridgehead atoms. The third kappa shape index (κ3) is 2.48. The van der Waals surface area contributed by atoms with Gasteiger partial charge in [-0.15, -0.1) is 5.10 Å². The van der Waals surface area contributed by atoms with Gasteiger partial charge in [-0.1, -0.05) is 0 Å². The fourth-order valence-corrected chi connectivity index (χ4v) is 2.62. The second-order valence-corrected chi connectivity index (χ2v) is 5.52. The van der Waals surface area contributed by atoms with Crippen molar-refractivity contribution in [1.82, 2.24) is 10.4 Å². The highest BCUT2D eigenvalue weighted by Gasteiger charge is 2.25. The zero-order valence-electron chi connectivity index (χ0n) is 11.8. The van der Waals surface area contributed by atoms with Crippen LogP contribution in [0.4, 0.5) is 0 Å². The molecule has 2 aliphatic rings. The first kappa shape index (κ1) is 13.0. The van der Waals surface area contributed by atoms with E-state index >= 15 is 0 Å². The van der Waals surface area contributed by atoms with Crippen molar-refractivity contribution >= 4 is 17.9 Å². The van der Waals surface area contributed by atoms with Crippen LogP contribution < -0.4 is 5.43 Å². The Morgan fingerprint density at radius 1 is 1.35 bits per heavy atom. The molecular formula is C15H19N3O2. The maximum Gasteiger partial charge on any atom is 0.277 e. The van der Waals surface area contributed by atoms with E-state index in [1.54, 1.807) is 0 Å². The molecule has 0 radical (unpaired) electrons. The fraction of sp³-hybridized carbons (Fsp3) is 0.467. The molecule has 1 aliphatic heterocycles. The molecule has 1 amide bonds.